The molecule has 31 heavy (non-hydrogen) atoms. The third kappa shape index (κ3) is 4.60. The van der Waals surface area contributed by atoms with Crippen LogP contribution in [0.2, 0.25) is 0 Å². The number of nitrogens with zero attached hydrogens (tertiary/aromatic N) is 6. The Labute approximate surface area is 180 Å². The summed E-state index contributed by atoms with van der Waals surface area (Å²) in [7, 11) is -3.81. The fraction of sp³-hybridized carbons (Fsp3) is 0.474. The maximum atomic E-state index is 13.0. The van der Waals surface area contributed by atoms with Crippen LogP contribution in [0.25, 0.3) is 0 Å². The molecule has 12 heteroatoms. The van der Waals surface area contributed by atoms with Gasteiger partial charge in [0.2, 0.25) is 10.0 Å². The van der Waals surface area contributed by atoms with Crippen molar-refractivity contribution in [3.8, 4) is 0 Å². The van der Waals surface area contributed by atoms with Crippen LogP contribution >= 0.6 is 0 Å². The summed E-state index contributed by atoms with van der Waals surface area (Å²) in [6.07, 6.45) is 0. The quantitative estimate of drug-likeness (QED) is 0.488. The highest BCUT2D eigenvalue weighted by atomic mass is 32.2. The Bertz CT molecular complexity index is 1070. The highest BCUT2D eigenvalue weighted by Gasteiger charge is 2.30. The molecule has 0 unspecified atom stereocenters. The fourth-order valence-corrected chi connectivity index (χ4v) is 5.18. The van der Waals surface area contributed by atoms with Crippen LogP contribution < -0.4 is 9.80 Å². The van der Waals surface area contributed by atoms with Gasteiger partial charge in [-0.05, 0) is 13.0 Å². The van der Waals surface area contributed by atoms with Gasteiger partial charge in [0.25, 0.3) is 5.69 Å². The zero-order chi connectivity index (χ0) is 22.0. The topological polar surface area (TPSA) is 122 Å². The standard InChI is InChI=1S/C19H24N6O5S/c1-15-20-18(14-19(21-15)23-9-11-30-12-10-23)22-5-7-24(8-6-22)31(28,29)17-4-2-3-16(13-17)25(26)27/h2-4,13-14H,5-12H2,1H3. The molecule has 2 aromatic rings. The Morgan fingerprint density at radius 3 is 2.19 bits per heavy atom. The van der Waals surface area contributed by atoms with Gasteiger partial charge in [-0.2, -0.15) is 4.31 Å². The van der Waals surface area contributed by atoms with Gasteiger partial charge in [0.15, 0.2) is 0 Å². The predicted octanol–water partition coefficient (Wildman–Crippen LogP) is 1.04. The second-order valence-corrected chi connectivity index (χ2v) is 9.31. The molecule has 3 heterocycles. The minimum Gasteiger partial charge on any atom is -0.378 e. The monoisotopic (exact) mass is 448 g/mol. The Kier molecular flexibility index (Phi) is 6.03. The summed E-state index contributed by atoms with van der Waals surface area (Å²) in [4.78, 5) is 23.6. The van der Waals surface area contributed by atoms with Gasteiger partial charge in [-0.1, -0.05) is 6.07 Å². The maximum absolute atomic E-state index is 13.0. The van der Waals surface area contributed by atoms with Gasteiger partial charge in [0, 0.05) is 57.5 Å². The van der Waals surface area contributed by atoms with Crippen molar-refractivity contribution in [2.75, 3.05) is 62.3 Å². The fourth-order valence-electron chi connectivity index (χ4n) is 3.72. The van der Waals surface area contributed by atoms with Crippen molar-refractivity contribution in [2.45, 2.75) is 11.8 Å². The molecule has 2 fully saturated rings. The summed E-state index contributed by atoms with van der Waals surface area (Å²) in [6.45, 7) is 6.16. The normalized spacial score (nSPS) is 18.2. The van der Waals surface area contributed by atoms with Crippen LogP contribution in [0.5, 0.6) is 0 Å². The minimum absolute atomic E-state index is 0.0670. The first-order valence-corrected chi connectivity index (χ1v) is 11.5. The Morgan fingerprint density at radius 2 is 1.58 bits per heavy atom. The van der Waals surface area contributed by atoms with E-state index in [1.165, 1.54) is 22.5 Å². The van der Waals surface area contributed by atoms with E-state index in [1.54, 1.807) is 0 Å². The van der Waals surface area contributed by atoms with Gasteiger partial charge in [-0.3, -0.25) is 10.1 Å². The SMILES string of the molecule is Cc1nc(N2CCOCC2)cc(N2CCN(S(=O)(=O)c3cccc([N+](=O)[O-])c3)CC2)n1. The van der Waals surface area contributed by atoms with E-state index >= 15 is 0 Å². The van der Waals surface area contributed by atoms with E-state index in [4.69, 9.17) is 4.74 Å². The summed E-state index contributed by atoms with van der Waals surface area (Å²) >= 11 is 0. The number of rotatable bonds is 5. The lowest BCUT2D eigenvalue weighted by Gasteiger charge is -2.35. The summed E-state index contributed by atoms with van der Waals surface area (Å²) in [5, 5.41) is 11.0. The molecule has 0 amide bonds. The number of nitro groups is 1. The first-order valence-electron chi connectivity index (χ1n) is 10.0. The molecule has 1 aromatic heterocycles. The highest BCUT2D eigenvalue weighted by Crippen LogP contribution is 2.25. The van der Waals surface area contributed by atoms with E-state index < -0.39 is 14.9 Å². The molecule has 0 N–H and O–H groups in total. The molecule has 0 aliphatic carbocycles. The van der Waals surface area contributed by atoms with Crippen molar-refractivity contribution in [1.29, 1.82) is 0 Å². The number of benzene rings is 1. The number of aromatic nitrogens is 2. The molecule has 4 rings (SSSR count). The van der Waals surface area contributed by atoms with Crippen LogP contribution in [0, 0.1) is 17.0 Å². The largest absolute Gasteiger partial charge is 0.378 e. The lowest BCUT2D eigenvalue weighted by molar-refractivity contribution is -0.385. The van der Waals surface area contributed by atoms with E-state index in [2.05, 4.69) is 14.9 Å². The summed E-state index contributed by atoms with van der Waals surface area (Å²) in [5.41, 5.74) is -0.244. The number of anilines is 2. The highest BCUT2D eigenvalue weighted by molar-refractivity contribution is 7.89. The van der Waals surface area contributed by atoms with Crippen LogP contribution in [0.1, 0.15) is 5.82 Å². The van der Waals surface area contributed by atoms with Gasteiger partial charge in [-0.15, -0.1) is 0 Å². The molecule has 2 saturated heterocycles. The van der Waals surface area contributed by atoms with Gasteiger partial charge in [0.05, 0.1) is 23.0 Å². The molecule has 0 saturated carbocycles. The Balaban J connectivity index is 1.48. The molecule has 0 bridgehead atoms. The Morgan fingerprint density at radius 1 is 0.968 bits per heavy atom. The molecular formula is C19H24N6O5S. The van der Waals surface area contributed by atoms with Crippen LogP contribution in [0.4, 0.5) is 17.3 Å². The first kappa shape index (κ1) is 21.4. The number of nitro benzene ring substituents is 1. The van der Waals surface area contributed by atoms with Crippen molar-refractivity contribution >= 4 is 27.3 Å². The molecule has 0 spiro atoms. The van der Waals surface area contributed by atoms with E-state index in [0.29, 0.717) is 32.1 Å². The molecular weight excluding hydrogens is 424 g/mol. The second kappa shape index (κ2) is 8.73. The maximum Gasteiger partial charge on any atom is 0.270 e. The summed E-state index contributed by atoms with van der Waals surface area (Å²) in [5.74, 6) is 2.27. The number of morpholine rings is 1. The van der Waals surface area contributed by atoms with Crippen molar-refractivity contribution in [1.82, 2.24) is 14.3 Å². The van der Waals surface area contributed by atoms with Crippen LogP contribution in [-0.2, 0) is 14.8 Å². The van der Waals surface area contributed by atoms with E-state index in [0.717, 1.165) is 30.8 Å². The van der Waals surface area contributed by atoms with E-state index in [-0.39, 0.29) is 23.7 Å². The molecule has 0 radical (unpaired) electrons. The molecule has 166 valence electrons. The average molecular weight is 449 g/mol. The van der Waals surface area contributed by atoms with Crippen molar-refractivity contribution in [3.63, 3.8) is 0 Å². The minimum atomic E-state index is -3.81. The predicted molar refractivity (Wildman–Crippen MR) is 114 cm³/mol. The second-order valence-electron chi connectivity index (χ2n) is 7.38. The van der Waals surface area contributed by atoms with E-state index in [9.17, 15) is 18.5 Å². The molecule has 1 aromatic carbocycles. The molecule has 2 aliphatic rings. The van der Waals surface area contributed by atoms with Crippen LogP contribution in [0.15, 0.2) is 35.2 Å². The Hall–Kier alpha value is -2.83. The smallest absolute Gasteiger partial charge is 0.270 e. The zero-order valence-electron chi connectivity index (χ0n) is 17.2. The van der Waals surface area contributed by atoms with Gasteiger partial charge >= 0.3 is 0 Å². The number of ether oxygens (including phenoxy) is 1. The van der Waals surface area contributed by atoms with Gasteiger partial charge in [0.1, 0.15) is 17.5 Å². The number of sulfonamides is 1. The number of non-ortho nitro benzene ring substituents is 1. The summed E-state index contributed by atoms with van der Waals surface area (Å²) in [6, 6.07) is 7.09. The van der Waals surface area contributed by atoms with Gasteiger partial charge < -0.3 is 14.5 Å². The molecule has 11 nitrogen and oxygen atoms in total. The van der Waals surface area contributed by atoms with Crippen molar-refractivity contribution in [3.05, 3.63) is 46.3 Å². The summed E-state index contributed by atoms with van der Waals surface area (Å²) < 4.78 is 32.7. The third-order valence-electron chi connectivity index (χ3n) is 5.37. The molecule has 0 atom stereocenters. The number of hydrogen-bond donors (Lipinski definition) is 0. The molecule has 2 aliphatic heterocycles. The lowest BCUT2D eigenvalue weighted by Crippen LogP contribution is -2.49. The first-order chi connectivity index (χ1) is 14.8. The number of hydrogen-bond acceptors (Lipinski definition) is 9. The number of piperazine rings is 1. The van der Waals surface area contributed by atoms with Gasteiger partial charge in [-0.25, -0.2) is 18.4 Å². The van der Waals surface area contributed by atoms with Crippen LogP contribution in [0.3, 0.4) is 0 Å². The van der Waals surface area contributed by atoms with Crippen molar-refractivity contribution < 1.29 is 18.1 Å². The third-order valence-corrected chi connectivity index (χ3v) is 7.27. The van der Waals surface area contributed by atoms with Crippen molar-refractivity contribution in [2.24, 2.45) is 0 Å². The average Bonchev–Trinajstić information content (AvgIpc) is 2.79. The van der Waals surface area contributed by atoms with Crippen LogP contribution in [-0.4, -0.2) is 80.1 Å². The number of aryl methyl sites for hydroxylation is 1. The zero-order valence-corrected chi connectivity index (χ0v) is 18.0. The van der Waals surface area contributed by atoms with E-state index in [1.807, 2.05) is 17.9 Å². The lowest BCUT2D eigenvalue weighted by atomic mass is 10.3.